The molecule has 6 heteroatoms. The summed E-state index contributed by atoms with van der Waals surface area (Å²) < 4.78 is 17.0. The highest BCUT2D eigenvalue weighted by Gasteiger charge is 2.12. The molecule has 0 unspecified atom stereocenters. The van der Waals surface area contributed by atoms with Gasteiger partial charge in [-0.25, -0.2) is 9.78 Å². The molecule has 0 saturated carbocycles. The lowest BCUT2D eigenvalue weighted by Crippen LogP contribution is -1.91. The maximum Gasteiger partial charge on any atom is 0.374 e. The number of carboxylic acid groups (broad SMARTS) is 1. The van der Waals surface area contributed by atoms with Crippen molar-refractivity contribution >= 4 is 5.97 Å². The molecule has 0 saturated heterocycles. The van der Waals surface area contributed by atoms with Crippen LogP contribution in [0.5, 0.6) is 0 Å². The van der Waals surface area contributed by atoms with E-state index in [-0.39, 0.29) is 5.76 Å². The second-order valence-electron chi connectivity index (χ2n) is 2.75. The molecule has 0 atom stereocenters. The minimum absolute atomic E-state index is 0.269. The van der Waals surface area contributed by atoms with E-state index in [1.165, 1.54) is 18.3 Å². The van der Waals surface area contributed by atoms with Crippen LogP contribution < -0.4 is 0 Å². The normalized spacial score (nSPS) is 10.2. The van der Waals surface area contributed by atoms with Gasteiger partial charge in [0.15, 0.2) is 0 Å². The highest BCUT2D eigenvalue weighted by Crippen LogP contribution is 2.17. The van der Waals surface area contributed by atoms with Crippen LogP contribution in [0.15, 0.2) is 28.9 Å². The van der Waals surface area contributed by atoms with Crippen molar-refractivity contribution in [3.8, 4) is 11.3 Å². The molecule has 76 valence electrons. The molecule has 5 nitrogen and oxygen atoms in total. The Bertz CT molecular complexity index is 492. The van der Waals surface area contributed by atoms with Gasteiger partial charge in [-0.3, -0.25) is 0 Å². The van der Waals surface area contributed by atoms with E-state index in [0.29, 0.717) is 11.3 Å². The lowest BCUT2D eigenvalue weighted by Gasteiger charge is -1.92. The van der Waals surface area contributed by atoms with E-state index in [2.05, 4.69) is 14.7 Å². The molecule has 2 rings (SSSR count). The fourth-order valence-electron chi connectivity index (χ4n) is 1.04. The van der Waals surface area contributed by atoms with E-state index >= 15 is 0 Å². The molecule has 2 aromatic rings. The average molecular weight is 208 g/mol. The minimum atomic E-state index is -1.20. The third kappa shape index (κ3) is 1.83. The van der Waals surface area contributed by atoms with Crippen molar-refractivity contribution in [1.82, 2.24) is 10.1 Å². The Hall–Kier alpha value is -2.24. The van der Waals surface area contributed by atoms with Gasteiger partial charge < -0.3 is 9.63 Å². The molecular weight excluding hydrogens is 203 g/mol. The first-order valence-corrected chi connectivity index (χ1v) is 3.99. The summed E-state index contributed by atoms with van der Waals surface area (Å²) in [5.41, 5.74) is 0.799. The molecule has 2 heterocycles. The van der Waals surface area contributed by atoms with E-state index in [9.17, 15) is 9.18 Å². The van der Waals surface area contributed by atoms with Crippen LogP contribution in [0, 0.1) is 5.95 Å². The number of nitrogens with zero attached hydrogens (tertiary/aromatic N) is 2. The number of carboxylic acids is 1. The summed E-state index contributed by atoms with van der Waals surface area (Å²) in [4.78, 5) is 13.9. The fourth-order valence-corrected chi connectivity index (χ4v) is 1.04. The van der Waals surface area contributed by atoms with Gasteiger partial charge in [0.05, 0.1) is 0 Å². The van der Waals surface area contributed by atoms with Crippen molar-refractivity contribution < 1.29 is 18.8 Å². The Labute approximate surface area is 83.2 Å². The molecule has 0 fully saturated rings. The standard InChI is InChI=1S/C9H5FN2O3/c10-8-2-1-5(4-11-8)6-3-7(9(13)14)15-12-6/h1-4H,(H,13,14). The molecule has 0 amide bonds. The van der Waals surface area contributed by atoms with Gasteiger partial charge in [-0.05, 0) is 12.1 Å². The summed E-state index contributed by atoms with van der Waals surface area (Å²) in [7, 11) is 0. The largest absolute Gasteiger partial charge is 0.475 e. The Morgan fingerprint density at radius 1 is 1.47 bits per heavy atom. The van der Waals surface area contributed by atoms with Gasteiger partial charge in [-0.1, -0.05) is 5.16 Å². The molecule has 15 heavy (non-hydrogen) atoms. The highest BCUT2D eigenvalue weighted by molar-refractivity contribution is 5.85. The molecule has 0 aromatic carbocycles. The van der Waals surface area contributed by atoms with E-state index in [1.807, 2.05) is 0 Å². The lowest BCUT2D eigenvalue weighted by atomic mass is 10.2. The van der Waals surface area contributed by atoms with Gasteiger partial charge in [0.25, 0.3) is 0 Å². The minimum Gasteiger partial charge on any atom is -0.475 e. The first kappa shape index (κ1) is 9.32. The number of pyridine rings is 1. The fraction of sp³-hybridized carbons (Fsp3) is 0. The number of aromatic nitrogens is 2. The van der Waals surface area contributed by atoms with Crippen LogP contribution in [0.4, 0.5) is 4.39 Å². The predicted octanol–water partition coefficient (Wildman–Crippen LogP) is 1.57. The van der Waals surface area contributed by atoms with E-state index in [1.54, 1.807) is 0 Å². The number of aromatic carboxylic acids is 1. The number of hydrogen-bond donors (Lipinski definition) is 1. The highest BCUT2D eigenvalue weighted by atomic mass is 19.1. The van der Waals surface area contributed by atoms with Gasteiger partial charge in [-0.2, -0.15) is 4.39 Å². The smallest absolute Gasteiger partial charge is 0.374 e. The Morgan fingerprint density at radius 3 is 2.80 bits per heavy atom. The quantitative estimate of drug-likeness (QED) is 0.758. The van der Waals surface area contributed by atoms with Crippen LogP contribution in [0.25, 0.3) is 11.3 Å². The molecule has 0 bridgehead atoms. The van der Waals surface area contributed by atoms with Crippen molar-refractivity contribution in [1.29, 1.82) is 0 Å². The van der Waals surface area contributed by atoms with Crippen LogP contribution in [-0.2, 0) is 0 Å². The predicted molar refractivity (Wildman–Crippen MR) is 46.7 cm³/mol. The van der Waals surface area contributed by atoms with Crippen LogP contribution >= 0.6 is 0 Å². The number of carbonyl (C=O) groups is 1. The number of halogens is 1. The van der Waals surface area contributed by atoms with Crippen LogP contribution in [0.3, 0.4) is 0 Å². The molecule has 0 radical (unpaired) electrons. The Morgan fingerprint density at radius 2 is 2.27 bits per heavy atom. The summed E-state index contributed by atoms with van der Waals surface area (Å²) >= 11 is 0. The third-order valence-electron chi connectivity index (χ3n) is 1.74. The number of rotatable bonds is 2. The SMILES string of the molecule is O=C(O)c1cc(-c2ccc(F)nc2)no1. The second-order valence-corrected chi connectivity index (χ2v) is 2.75. The summed E-state index contributed by atoms with van der Waals surface area (Å²) in [5, 5.41) is 12.1. The van der Waals surface area contributed by atoms with Gasteiger partial charge in [0, 0.05) is 17.8 Å². The first-order chi connectivity index (χ1) is 7.16. The molecule has 2 aromatic heterocycles. The van der Waals surface area contributed by atoms with E-state index < -0.39 is 11.9 Å². The van der Waals surface area contributed by atoms with Crippen molar-refractivity contribution in [3.63, 3.8) is 0 Å². The second kappa shape index (κ2) is 3.49. The van der Waals surface area contributed by atoms with Gasteiger partial charge >= 0.3 is 5.97 Å². The molecule has 0 spiro atoms. The van der Waals surface area contributed by atoms with Gasteiger partial charge in [0.1, 0.15) is 5.69 Å². The molecule has 1 N–H and O–H groups in total. The maximum absolute atomic E-state index is 12.5. The molecular formula is C9H5FN2O3. The zero-order chi connectivity index (χ0) is 10.8. The van der Waals surface area contributed by atoms with Crippen LogP contribution in [0.2, 0.25) is 0 Å². The first-order valence-electron chi connectivity index (χ1n) is 3.99. The molecule has 0 aliphatic heterocycles. The van der Waals surface area contributed by atoms with Crippen molar-refractivity contribution in [2.45, 2.75) is 0 Å². The van der Waals surface area contributed by atoms with Gasteiger partial charge in [0.2, 0.25) is 11.7 Å². The van der Waals surface area contributed by atoms with E-state index in [4.69, 9.17) is 5.11 Å². The zero-order valence-electron chi connectivity index (χ0n) is 7.35. The van der Waals surface area contributed by atoms with Crippen LogP contribution in [0.1, 0.15) is 10.6 Å². The summed E-state index contributed by atoms with van der Waals surface area (Å²) in [6.07, 6.45) is 1.25. The topological polar surface area (TPSA) is 76.2 Å². The van der Waals surface area contributed by atoms with Crippen LogP contribution in [-0.4, -0.2) is 21.2 Å². The summed E-state index contributed by atoms with van der Waals surface area (Å²) in [5.74, 6) is -2.08. The summed E-state index contributed by atoms with van der Waals surface area (Å²) in [6.45, 7) is 0. The lowest BCUT2D eigenvalue weighted by molar-refractivity contribution is 0.0652. The third-order valence-corrected chi connectivity index (χ3v) is 1.74. The molecule has 0 aliphatic carbocycles. The number of hydrogen-bond acceptors (Lipinski definition) is 4. The van der Waals surface area contributed by atoms with Gasteiger partial charge in [-0.15, -0.1) is 0 Å². The maximum atomic E-state index is 12.5. The average Bonchev–Trinajstić information content (AvgIpc) is 2.68. The zero-order valence-corrected chi connectivity index (χ0v) is 7.35. The van der Waals surface area contributed by atoms with Crippen molar-refractivity contribution in [2.75, 3.05) is 0 Å². The molecule has 0 aliphatic rings. The monoisotopic (exact) mass is 208 g/mol. The Kier molecular flexibility index (Phi) is 2.17. The van der Waals surface area contributed by atoms with Crippen molar-refractivity contribution in [2.24, 2.45) is 0 Å². The van der Waals surface area contributed by atoms with E-state index in [0.717, 1.165) is 6.07 Å². The Balaban J connectivity index is 2.37. The van der Waals surface area contributed by atoms with Crippen molar-refractivity contribution in [3.05, 3.63) is 36.1 Å². The summed E-state index contributed by atoms with van der Waals surface area (Å²) in [6, 6.07) is 3.84.